The highest BCUT2D eigenvalue weighted by Gasteiger charge is 2.47. The van der Waals surface area contributed by atoms with Gasteiger partial charge in [-0.1, -0.05) is 12.1 Å². The van der Waals surface area contributed by atoms with Crippen LogP contribution in [0.3, 0.4) is 0 Å². The molecule has 30 heavy (non-hydrogen) atoms. The molecular formula is C20H19F3N4O3. The normalized spacial score (nSPS) is 18.4. The van der Waals surface area contributed by atoms with Crippen LogP contribution in [0, 0.1) is 0 Å². The number of carbonyl (C=O) groups excluding carboxylic acids is 1. The minimum absolute atomic E-state index is 0.0909. The molecule has 3 aromatic rings. The van der Waals surface area contributed by atoms with Gasteiger partial charge in [-0.3, -0.25) is 4.79 Å². The number of furan rings is 1. The summed E-state index contributed by atoms with van der Waals surface area (Å²) in [5, 5.41) is 9.56. The highest BCUT2D eigenvalue weighted by molar-refractivity contribution is 6.04. The Kier molecular flexibility index (Phi) is 5.15. The van der Waals surface area contributed by atoms with E-state index in [0.29, 0.717) is 23.8 Å². The van der Waals surface area contributed by atoms with E-state index in [1.807, 2.05) is 0 Å². The van der Waals surface area contributed by atoms with Gasteiger partial charge in [-0.15, -0.1) is 0 Å². The van der Waals surface area contributed by atoms with Gasteiger partial charge in [0.2, 0.25) is 0 Å². The molecule has 2 atom stereocenters. The molecule has 0 saturated carbocycles. The van der Waals surface area contributed by atoms with E-state index in [0.717, 1.165) is 4.68 Å². The number of nitrogens with one attached hydrogen (secondary N) is 2. The number of anilines is 2. The molecule has 0 bridgehead atoms. The molecule has 1 amide bonds. The smallest absolute Gasteiger partial charge is 0.410 e. The van der Waals surface area contributed by atoms with Gasteiger partial charge in [0, 0.05) is 12.5 Å². The lowest BCUT2D eigenvalue weighted by Crippen LogP contribution is -2.35. The first-order valence-corrected chi connectivity index (χ1v) is 9.36. The predicted molar refractivity (Wildman–Crippen MR) is 103 cm³/mol. The van der Waals surface area contributed by atoms with Crippen LogP contribution in [0.5, 0.6) is 5.75 Å². The summed E-state index contributed by atoms with van der Waals surface area (Å²) in [6.45, 7) is 2.21. The molecule has 158 valence electrons. The fraction of sp³-hybridized carbons (Fsp3) is 0.300. The Balaban J connectivity index is 1.63. The number of aromatic nitrogens is 2. The Morgan fingerprint density at radius 1 is 1.33 bits per heavy atom. The van der Waals surface area contributed by atoms with Crippen LogP contribution in [-0.4, -0.2) is 28.5 Å². The van der Waals surface area contributed by atoms with Crippen LogP contribution in [0.15, 0.2) is 53.1 Å². The number of fused-ring (bicyclic) bond motifs is 1. The van der Waals surface area contributed by atoms with E-state index in [4.69, 9.17) is 9.15 Å². The van der Waals surface area contributed by atoms with Crippen LogP contribution in [-0.2, 0) is 0 Å². The zero-order valence-corrected chi connectivity index (χ0v) is 15.9. The van der Waals surface area contributed by atoms with E-state index in [-0.39, 0.29) is 17.9 Å². The molecule has 0 saturated heterocycles. The molecule has 0 fully saturated rings. The monoisotopic (exact) mass is 420 g/mol. The molecule has 2 N–H and O–H groups in total. The molecule has 0 spiro atoms. The molecule has 0 radical (unpaired) electrons. The molecule has 10 heteroatoms. The van der Waals surface area contributed by atoms with E-state index >= 15 is 0 Å². The van der Waals surface area contributed by atoms with Crippen molar-refractivity contribution in [1.82, 2.24) is 9.78 Å². The number of benzene rings is 1. The number of hydrogen-bond donors (Lipinski definition) is 2. The molecule has 0 unspecified atom stereocenters. The van der Waals surface area contributed by atoms with Crippen molar-refractivity contribution < 1.29 is 27.1 Å². The van der Waals surface area contributed by atoms with Gasteiger partial charge >= 0.3 is 6.18 Å². The standard InChI is InChI=1S/C20H19F3N4O3/c1-2-29-15-7-4-3-6-12(15)25-19(28)14-11-18-24-13(16-8-5-9-30-16)10-17(20(21,22)23)27(18)26-14/h3-9,11,13,17,24H,2,10H2,1H3,(H,25,28)/t13-,17+/m1/s1. The lowest BCUT2D eigenvalue weighted by molar-refractivity contribution is -0.174. The van der Waals surface area contributed by atoms with Gasteiger partial charge in [0.25, 0.3) is 5.91 Å². The fourth-order valence-corrected chi connectivity index (χ4v) is 3.40. The van der Waals surface area contributed by atoms with Crippen LogP contribution in [0.4, 0.5) is 24.7 Å². The maximum absolute atomic E-state index is 13.7. The average Bonchev–Trinajstić information content (AvgIpc) is 3.38. The number of para-hydroxylation sites is 2. The van der Waals surface area contributed by atoms with E-state index in [1.165, 1.54) is 12.3 Å². The highest BCUT2D eigenvalue weighted by Crippen LogP contribution is 2.43. The summed E-state index contributed by atoms with van der Waals surface area (Å²) in [7, 11) is 0. The Morgan fingerprint density at radius 2 is 2.13 bits per heavy atom. The number of amides is 1. The van der Waals surface area contributed by atoms with Crippen LogP contribution in [0.25, 0.3) is 0 Å². The molecule has 0 aliphatic carbocycles. The van der Waals surface area contributed by atoms with Crippen LogP contribution in [0.1, 0.15) is 41.7 Å². The molecule has 1 aliphatic rings. The van der Waals surface area contributed by atoms with Crippen molar-refractivity contribution in [2.45, 2.75) is 31.6 Å². The summed E-state index contributed by atoms with van der Waals surface area (Å²) in [6.07, 6.45) is -3.44. The first kappa shape index (κ1) is 19.9. The van der Waals surface area contributed by atoms with Crippen molar-refractivity contribution in [2.75, 3.05) is 17.2 Å². The lowest BCUT2D eigenvalue weighted by atomic mass is 10.0. The zero-order valence-electron chi connectivity index (χ0n) is 15.9. The van der Waals surface area contributed by atoms with Gasteiger partial charge < -0.3 is 19.8 Å². The van der Waals surface area contributed by atoms with Crippen molar-refractivity contribution >= 4 is 17.4 Å². The predicted octanol–water partition coefficient (Wildman–Crippen LogP) is 4.79. The summed E-state index contributed by atoms with van der Waals surface area (Å²) in [6, 6.07) is 8.73. The third-order valence-corrected chi connectivity index (χ3v) is 4.74. The average molecular weight is 420 g/mol. The summed E-state index contributed by atoms with van der Waals surface area (Å²) in [5.74, 6) is 0.296. The SMILES string of the molecule is CCOc1ccccc1NC(=O)c1cc2n(n1)[C@H](C(F)(F)F)C[C@H](c1ccco1)N2. The first-order valence-electron chi connectivity index (χ1n) is 9.36. The maximum atomic E-state index is 13.7. The second-order valence-corrected chi connectivity index (χ2v) is 6.75. The van der Waals surface area contributed by atoms with E-state index in [9.17, 15) is 18.0 Å². The number of nitrogens with zero attached hydrogens (tertiary/aromatic N) is 2. The molecule has 3 heterocycles. The second kappa shape index (κ2) is 7.77. The van der Waals surface area contributed by atoms with Crippen LogP contribution >= 0.6 is 0 Å². The number of rotatable bonds is 5. The molecule has 1 aromatic carbocycles. The number of alkyl halides is 3. The fourth-order valence-electron chi connectivity index (χ4n) is 3.40. The van der Waals surface area contributed by atoms with Crippen molar-refractivity contribution in [3.63, 3.8) is 0 Å². The molecule has 7 nitrogen and oxygen atoms in total. The topological polar surface area (TPSA) is 81.3 Å². The van der Waals surface area contributed by atoms with Gasteiger partial charge in [-0.25, -0.2) is 4.68 Å². The quantitative estimate of drug-likeness (QED) is 0.621. The third kappa shape index (κ3) is 3.85. The minimum atomic E-state index is -4.54. The minimum Gasteiger partial charge on any atom is -0.492 e. The maximum Gasteiger partial charge on any atom is 0.410 e. The number of carbonyl (C=O) groups is 1. The van der Waals surface area contributed by atoms with E-state index in [1.54, 1.807) is 43.3 Å². The number of halogens is 3. The van der Waals surface area contributed by atoms with Crippen molar-refractivity contribution in [2.24, 2.45) is 0 Å². The van der Waals surface area contributed by atoms with Crippen molar-refractivity contribution in [3.05, 3.63) is 60.2 Å². The highest BCUT2D eigenvalue weighted by atomic mass is 19.4. The van der Waals surface area contributed by atoms with E-state index in [2.05, 4.69) is 15.7 Å². The molecule has 1 aliphatic heterocycles. The Bertz CT molecular complexity index is 1030. The summed E-state index contributed by atoms with van der Waals surface area (Å²) in [5.41, 5.74) is 0.266. The Hall–Kier alpha value is -3.43. The van der Waals surface area contributed by atoms with E-state index < -0.39 is 24.2 Å². The van der Waals surface area contributed by atoms with Gasteiger partial charge in [0.1, 0.15) is 17.3 Å². The lowest BCUT2D eigenvalue weighted by Gasteiger charge is -2.32. The van der Waals surface area contributed by atoms with Gasteiger partial charge in [-0.2, -0.15) is 18.3 Å². The van der Waals surface area contributed by atoms with Crippen LogP contribution in [0.2, 0.25) is 0 Å². The Labute approximate surface area is 169 Å². The summed E-state index contributed by atoms with van der Waals surface area (Å²) in [4.78, 5) is 12.7. The summed E-state index contributed by atoms with van der Waals surface area (Å²) < 4.78 is 52.6. The number of hydrogen-bond acceptors (Lipinski definition) is 5. The van der Waals surface area contributed by atoms with Gasteiger partial charge in [0.15, 0.2) is 11.7 Å². The third-order valence-electron chi connectivity index (χ3n) is 4.74. The molecule has 2 aromatic heterocycles. The second-order valence-electron chi connectivity index (χ2n) is 6.75. The first-order chi connectivity index (χ1) is 14.4. The zero-order chi connectivity index (χ0) is 21.3. The van der Waals surface area contributed by atoms with Crippen molar-refractivity contribution in [1.29, 1.82) is 0 Å². The Morgan fingerprint density at radius 3 is 2.83 bits per heavy atom. The van der Waals surface area contributed by atoms with Crippen LogP contribution < -0.4 is 15.4 Å². The largest absolute Gasteiger partial charge is 0.492 e. The molecule has 4 rings (SSSR count). The summed E-state index contributed by atoms with van der Waals surface area (Å²) >= 11 is 0. The van der Waals surface area contributed by atoms with Crippen molar-refractivity contribution in [3.8, 4) is 5.75 Å². The molecular weight excluding hydrogens is 401 g/mol. The van der Waals surface area contributed by atoms with Gasteiger partial charge in [0.05, 0.1) is 24.6 Å². The van der Waals surface area contributed by atoms with Gasteiger partial charge in [-0.05, 0) is 31.2 Å². The number of ether oxygens (including phenoxy) is 1.